The number of piperazine rings is 1. The van der Waals surface area contributed by atoms with E-state index in [1.165, 1.54) is 4.90 Å². The van der Waals surface area contributed by atoms with Crippen LogP contribution in [0.3, 0.4) is 0 Å². The van der Waals surface area contributed by atoms with Crippen LogP contribution in [0.1, 0.15) is 34.1 Å². The van der Waals surface area contributed by atoms with Crippen LogP contribution in [0.15, 0.2) is 0 Å². The molecule has 0 unspecified atom stereocenters. The average molecular weight is 272 g/mol. The van der Waals surface area contributed by atoms with Crippen molar-refractivity contribution in [2.24, 2.45) is 0 Å². The van der Waals surface area contributed by atoms with Gasteiger partial charge in [0, 0.05) is 19.7 Å². The van der Waals surface area contributed by atoms with E-state index in [1.807, 2.05) is 6.92 Å². The summed E-state index contributed by atoms with van der Waals surface area (Å²) in [6, 6.07) is -0.183. The Morgan fingerprint density at radius 3 is 2.58 bits per heavy atom. The van der Waals surface area contributed by atoms with Crippen molar-refractivity contribution in [3.05, 3.63) is 0 Å². The SMILES string of the molecule is CCN1C[C@H](CCO)N(C(=O)OC(C)(C)C)CC1=O. The Balaban J connectivity index is 2.78. The molecule has 0 aliphatic carbocycles. The van der Waals surface area contributed by atoms with Gasteiger partial charge in [0.2, 0.25) is 5.91 Å². The molecule has 0 aromatic heterocycles. The smallest absolute Gasteiger partial charge is 0.411 e. The molecule has 6 heteroatoms. The summed E-state index contributed by atoms with van der Waals surface area (Å²) in [6.07, 6.45) is -0.0432. The first-order valence-electron chi connectivity index (χ1n) is 6.66. The van der Waals surface area contributed by atoms with Gasteiger partial charge in [-0.05, 0) is 34.1 Å². The van der Waals surface area contributed by atoms with Crippen LogP contribution in [0.5, 0.6) is 0 Å². The number of aliphatic hydroxyl groups excluding tert-OH is 1. The molecule has 0 radical (unpaired) electrons. The Morgan fingerprint density at radius 1 is 1.47 bits per heavy atom. The van der Waals surface area contributed by atoms with Gasteiger partial charge in [-0.3, -0.25) is 9.69 Å². The van der Waals surface area contributed by atoms with Crippen molar-refractivity contribution >= 4 is 12.0 Å². The summed E-state index contributed by atoms with van der Waals surface area (Å²) < 4.78 is 5.31. The Kier molecular flexibility index (Phi) is 5.17. The van der Waals surface area contributed by atoms with Crippen LogP contribution >= 0.6 is 0 Å². The third-order valence-electron chi connectivity index (χ3n) is 3.00. The van der Waals surface area contributed by atoms with Crippen LogP contribution in [0.4, 0.5) is 4.79 Å². The number of carbonyl (C=O) groups excluding carboxylic acids is 2. The third-order valence-corrected chi connectivity index (χ3v) is 3.00. The maximum atomic E-state index is 12.1. The molecule has 2 amide bonds. The lowest BCUT2D eigenvalue weighted by Crippen LogP contribution is -2.58. The van der Waals surface area contributed by atoms with Gasteiger partial charge < -0.3 is 14.7 Å². The standard InChI is InChI=1S/C13H24N2O4/c1-5-14-8-10(6-7-16)15(9-11(14)17)12(18)19-13(2,3)4/h10,16H,5-9H2,1-4H3/t10-/m0/s1. The molecular formula is C13H24N2O4. The minimum atomic E-state index is -0.591. The third kappa shape index (κ3) is 4.38. The second-order valence-electron chi connectivity index (χ2n) is 5.71. The lowest BCUT2D eigenvalue weighted by molar-refractivity contribution is -0.138. The van der Waals surface area contributed by atoms with Crippen LogP contribution < -0.4 is 0 Å². The fourth-order valence-electron chi connectivity index (χ4n) is 2.07. The largest absolute Gasteiger partial charge is 0.444 e. The minimum Gasteiger partial charge on any atom is -0.444 e. The van der Waals surface area contributed by atoms with Crippen molar-refractivity contribution in [3.8, 4) is 0 Å². The van der Waals surface area contributed by atoms with Crippen molar-refractivity contribution in [1.82, 2.24) is 9.80 Å². The fourth-order valence-corrected chi connectivity index (χ4v) is 2.07. The lowest BCUT2D eigenvalue weighted by Gasteiger charge is -2.40. The maximum Gasteiger partial charge on any atom is 0.411 e. The van der Waals surface area contributed by atoms with E-state index >= 15 is 0 Å². The summed E-state index contributed by atoms with van der Waals surface area (Å²) in [4.78, 5) is 27.1. The number of hydrogen-bond acceptors (Lipinski definition) is 4. The molecule has 1 atom stereocenters. The van der Waals surface area contributed by atoms with Gasteiger partial charge in [-0.2, -0.15) is 0 Å². The van der Waals surface area contributed by atoms with Crippen molar-refractivity contribution < 1.29 is 19.4 Å². The van der Waals surface area contributed by atoms with Gasteiger partial charge in [-0.1, -0.05) is 0 Å². The molecule has 0 bridgehead atoms. The highest BCUT2D eigenvalue weighted by atomic mass is 16.6. The second kappa shape index (κ2) is 6.23. The van der Waals surface area contributed by atoms with Crippen molar-refractivity contribution in [2.45, 2.75) is 45.8 Å². The first-order chi connectivity index (χ1) is 8.78. The van der Waals surface area contributed by atoms with Crippen LogP contribution in [0.25, 0.3) is 0 Å². The van der Waals surface area contributed by atoms with E-state index in [2.05, 4.69) is 0 Å². The average Bonchev–Trinajstić information content (AvgIpc) is 2.28. The Hall–Kier alpha value is -1.30. The molecule has 1 heterocycles. The number of nitrogens with zero attached hydrogens (tertiary/aromatic N) is 2. The van der Waals surface area contributed by atoms with Gasteiger partial charge >= 0.3 is 6.09 Å². The monoisotopic (exact) mass is 272 g/mol. The first-order valence-corrected chi connectivity index (χ1v) is 6.66. The summed E-state index contributed by atoms with van der Waals surface area (Å²) in [5.41, 5.74) is -0.591. The van der Waals surface area contributed by atoms with Gasteiger partial charge in [0.15, 0.2) is 0 Å². The van der Waals surface area contributed by atoms with E-state index in [4.69, 9.17) is 9.84 Å². The molecule has 0 aromatic rings. The number of amides is 2. The molecule has 1 saturated heterocycles. The van der Waals surface area contributed by atoms with E-state index in [-0.39, 0.29) is 25.1 Å². The zero-order valence-corrected chi connectivity index (χ0v) is 12.2. The number of carbonyl (C=O) groups is 2. The van der Waals surface area contributed by atoms with E-state index in [1.54, 1.807) is 25.7 Å². The van der Waals surface area contributed by atoms with Crippen molar-refractivity contribution in [2.75, 3.05) is 26.2 Å². The summed E-state index contributed by atoms with van der Waals surface area (Å²) in [7, 11) is 0. The van der Waals surface area contributed by atoms with Gasteiger partial charge in [0.05, 0.1) is 6.04 Å². The highest BCUT2D eigenvalue weighted by Crippen LogP contribution is 2.18. The number of likely N-dealkylation sites (N-methyl/N-ethyl adjacent to an activating group) is 1. The second-order valence-corrected chi connectivity index (χ2v) is 5.71. The molecule has 0 saturated carbocycles. The minimum absolute atomic E-state index is 0.0181. The fraction of sp³-hybridized carbons (Fsp3) is 0.846. The molecule has 0 aromatic carbocycles. The number of aliphatic hydroxyl groups is 1. The Labute approximate surface area is 114 Å². The van der Waals surface area contributed by atoms with Crippen LogP contribution in [-0.2, 0) is 9.53 Å². The molecule has 1 aliphatic heterocycles. The summed E-state index contributed by atoms with van der Waals surface area (Å²) >= 11 is 0. The van der Waals surface area contributed by atoms with Gasteiger partial charge in [-0.15, -0.1) is 0 Å². The zero-order chi connectivity index (χ0) is 14.6. The normalized spacial score (nSPS) is 20.7. The molecule has 110 valence electrons. The summed E-state index contributed by atoms with van der Waals surface area (Å²) in [5.74, 6) is -0.0810. The van der Waals surface area contributed by atoms with E-state index in [0.29, 0.717) is 19.5 Å². The topological polar surface area (TPSA) is 70.1 Å². The zero-order valence-electron chi connectivity index (χ0n) is 12.2. The number of rotatable bonds is 3. The molecule has 1 fully saturated rings. The highest BCUT2D eigenvalue weighted by Gasteiger charge is 2.36. The molecule has 1 N–H and O–H groups in total. The Bertz CT molecular complexity index is 338. The van der Waals surface area contributed by atoms with Gasteiger partial charge in [0.1, 0.15) is 12.1 Å². The van der Waals surface area contributed by atoms with E-state index < -0.39 is 11.7 Å². The van der Waals surface area contributed by atoms with Crippen molar-refractivity contribution in [1.29, 1.82) is 0 Å². The predicted octanol–water partition coefficient (Wildman–Crippen LogP) is 0.837. The van der Waals surface area contributed by atoms with Crippen LogP contribution in [0, 0.1) is 0 Å². The summed E-state index contributed by atoms with van der Waals surface area (Å²) in [6.45, 7) is 8.33. The van der Waals surface area contributed by atoms with Crippen LogP contribution in [0.2, 0.25) is 0 Å². The molecule has 1 rings (SSSR count). The summed E-state index contributed by atoms with van der Waals surface area (Å²) in [5, 5.41) is 9.09. The molecule has 0 spiro atoms. The van der Waals surface area contributed by atoms with Crippen molar-refractivity contribution in [3.63, 3.8) is 0 Å². The quantitative estimate of drug-likeness (QED) is 0.826. The van der Waals surface area contributed by atoms with E-state index in [0.717, 1.165) is 0 Å². The molecule has 1 aliphatic rings. The number of hydrogen-bond donors (Lipinski definition) is 1. The lowest BCUT2D eigenvalue weighted by atomic mass is 10.1. The number of ether oxygens (including phenoxy) is 1. The molecule has 6 nitrogen and oxygen atoms in total. The maximum absolute atomic E-state index is 12.1. The predicted molar refractivity (Wildman–Crippen MR) is 70.7 cm³/mol. The highest BCUT2D eigenvalue weighted by molar-refractivity contribution is 5.84. The first kappa shape index (κ1) is 15.8. The molecular weight excluding hydrogens is 248 g/mol. The molecule has 19 heavy (non-hydrogen) atoms. The Morgan fingerprint density at radius 2 is 2.11 bits per heavy atom. The van der Waals surface area contributed by atoms with Gasteiger partial charge in [0.25, 0.3) is 0 Å². The van der Waals surface area contributed by atoms with E-state index in [9.17, 15) is 9.59 Å². The van der Waals surface area contributed by atoms with Crippen LogP contribution in [-0.4, -0.2) is 64.8 Å². The van der Waals surface area contributed by atoms with Gasteiger partial charge in [-0.25, -0.2) is 4.79 Å².